The Kier molecular flexibility index (Phi) is 6.32. The van der Waals surface area contributed by atoms with Gasteiger partial charge >= 0.3 is 18.2 Å². The summed E-state index contributed by atoms with van der Waals surface area (Å²) in [5.41, 5.74) is -0.161. The number of nitrogens with zero attached hydrogens (tertiary/aromatic N) is 2. The zero-order valence-corrected chi connectivity index (χ0v) is 15.1. The number of benzene rings is 1. The molecule has 146 valence electrons. The molecule has 0 fully saturated rings. The van der Waals surface area contributed by atoms with Gasteiger partial charge in [-0.3, -0.25) is 4.68 Å². The molecule has 2 aromatic rings. The number of esters is 1. The molecule has 2 rings (SSSR count). The van der Waals surface area contributed by atoms with Crippen LogP contribution >= 0.6 is 11.6 Å². The van der Waals surface area contributed by atoms with Crippen molar-refractivity contribution >= 4 is 29.3 Å². The van der Waals surface area contributed by atoms with E-state index >= 15 is 0 Å². The highest BCUT2D eigenvalue weighted by Gasteiger charge is 2.42. The van der Waals surface area contributed by atoms with Gasteiger partial charge in [-0.2, -0.15) is 18.3 Å². The fraction of sp³-hybridized carbons (Fsp3) is 0.312. The lowest BCUT2D eigenvalue weighted by molar-refractivity contribution is -0.154. The van der Waals surface area contributed by atoms with Crippen molar-refractivity contribution in [3.8, 4) is 0 Å². The number of amides is 2. The largest absolute Gasteiger partial charge is 0.462 e. The van der Waals surface area contributed by atoms with Gasteiger partial charge in [0.25, 0.3) is 0 Å². The summed E-state index contributed by atoms with van der Waals surface area (Å²) in [5.74, 6) is -0.713. The lowest BCUT2D eigenvalue weighted by Gasteiger charge is -2.21. The van der Waals surface area contributed by atoms with Gasteiger partial charge in [-0.25, -0.2) is 9.59 Å². The Morgan fingerprint density at radius 2 is 2.07 bits per heavy atom. The Labute approximate surface area is 157 Å². The standard InChI is InChI=1S/C16H16ClF3N4O3/c1-3-27-14(25)11-6-10(4-5-12(11)17)22-15(26)23-13(16(18,19)20)9-7-21-24(2)8-9/h4-8,13H,3H2,1-2H3,(H2,22,23,26). The van der Waals surface area contributed by atoms with Crippen LogP contribution in [0.3, 0.4) is 0 Å². The molecule has 2 N–H and O–H groups in total. The molecule has 0 radical (unpaired) electrons. The molecular weight excluding hydrogens is 389 g/mol. The highest BCUT2D eigenvalue weighted by molar-refractivity contribution is 6.33. The number of alkyl halides is 3. The maximum Gasteiger partial charge on any atom is 0.413 e. The number of aromatic nitrogens is 2. The van der Waals surface area contributed by atoms with E-state index in [9.17, 15) is 22.8 Å². The number of anilines is 1. The third-order valence-corrected chi connectivity index (χ3v) is 3.71. The summed E-state index contributed by atoms with van der Waals surface area (Å²) in [7, 11) is 1.46. The topological polar surface area (TPSA) is 85.2 Å². The van der Waals surface area contributed by atoms with Crippen LogP contribution in [0, 0.1) is 0 Å². The molecule has 7 nitrogen and oxygen atoms in total. The SMILES string of the molecule is CCOC(=O)c1cc(NC(=O)NC(c2cnn(C)c2)C(F)(F)F)ccc1Cl. The van der Waals surface area contributed by atoms with E-state index in [1.807, 2.05) is 5.32 Å². The van der Waals surface area contributed by atoms with Crippen LogP contribution in [0.4, 0.5) is 23.7 Å². The first-order valence-corrected chi connectivity index (χ1v) is 8.09. The van der Waals surface area contributed by atoms with Gasteiger partial charge in [0, 0.05) is 24.5 Å². The molecule has 0 aliphatic rings. The van der Waals surface area contributed by atoms with E-state index in [1.165, 1.54) is 29.9 Å². The van der Waals surface area contributed by atoms with Gasteiger partial charge in [-0.1, -0.05) is 11.6 Å². The van der Waals surface area contributed by atoms with Gasteiger partial charge in [-0.15, -0.1) is 0 Å². The molecule has 1 atom stereocenters. The van der Waals surface area contributed by atoms with Crippen molar-refractivity contribution in [2.24, 2.45) is 7.05 Å². The van der Waals surface area contributed by atoms with Gasteiger partial charge in [0.15, 0.2) is 6.04 Å². The monoisotopic (exact) mass is 404 g/mol. The number of hydrogen-bond acceptors (Lipinski definition) is 4. The molecule has 0 saturated carbocycles. The average molecular weight is 405 g/mol. The molecule has 0 bridgehead atoms. The summed E-state index contributed by atoms with van der Waals surface area (Å²) in [6.07, 6.45) is -2.56. The van der Waals surface area contributed by atoms with Crippen molar-refractivity contribution in [2.75, 3.05) is 11.9 Å². The number of urea groups is 1. The van der Waals surface area contributed by atoms with E-state index in [0.29, 0.717) is 0 Å². The summed E-state index contributed by atoms with van der Waals surface area (Å²) in [6, 6.07) is 0.525. The van der Waals surface area contributed by atoms with E-state index in [4.69, 9.17) is 16.3 Å². The minimum atomic E-state index is -4.73. The van der Waals surface area contributed by atoms with Crippen LogP contribution in [-0.4, -0.2) is 34.6 Å². The zero-order chi connectivity index (χ0) is 20.2. The number of carbonyl (C=O) groups excluding carboxylic acids is 2. The van der Waals surface area contributed by atoms with Crippen molar-refractivity contribution in [3.05, 3.63) is 46.7 Å². The highest BCUT2D eigenvalue weighted by Crippen LogP contribution is 2.32. The first-order chi connectivity index (χ1) is 12.6. The molecule has 1 heterocycles. The molecule has 0 aliphatic heterocycles. The van der Waals surface area contributed by atoms with Gasteiger partial charge in [-0.05, 0) is 25.1 Å². The third kappa shape index (κ3) is 5.36. The lowest BCUT2D eigenvalue weighted by Crippen LogP contribution is -2.40. The summed E-state index contributed by atoms with van der Waals surface area (Å²) in [6.45, 7) is 1.72. The first kappa shape index (κ1) is 20.6. The summed E-state index contributed by atoms with van der Waals surface area (Å²) in [4.78, 5) is 23.8. The molecular formula is C16H16ClF3N4O3. The number of rotatable bonds is 5. The second-order valence-corrected chi connectivity index (χ2v) is 5.84. The number of halogens is 4. The van der Waals surface area contributed by atoms with Gasteiger partial charge in [0.1, 0.15) is 0 Å². The van der Waals surface area contributed by atoms with E-state index in [1.54, 1.807) is 6.92 Å². The van der Waals surface area contributed by atoms with Crippen LogP contribution in [0.5, 0.6) is 0 Å². The Balaban J connectivity index is 2.16. The van der Waals surface area contributed by atoms with Crippen molar-refractivity contribution in [3.63, 3.8) is 0 Å². The van der Waals surface area contributed by atoms with Crippen LogP contribution in [-0.2, 0) is 11.8 Å². The fourth-order valence-corrected chi connectivity index (χ4v) is 2.40. The molecule has 27 heavy (non-hydrogen) atoms. The highest BCUT2D eigenvalue weighted by atomic mass is 35.5. The third-order valence-electron chi connectivity index (χ3n) is 3.38. The minimum absolute atomic E-state index is 0.0176. The molecule has 1 aromatic heterocycles. The molecule has 0 aliphatic carbocycles. The minimum Gasteiger partial charge on any atom is -0.462 e. The van der Waals surface area contributed by atoms with Crippen molar-refractivity contribution in [2.45, 2.75) is 19.1 Å². The lowest BCUT2D eigenvalue weighted by atomic mass is 10.1. The van der Waals surface area contributed by atoms with Crippen molar-refractivity contribution in [1.82, 2.24) is 15.1 Å². The zero-order valence-electron chi connectivity index (χ0n) is 14.3. The quantitative estimate of drug-likeness (QED) is 0.744. The summed E-state index contributed by atoms with van der Waals surface area (Å²) >= 11 is 5.90. The number of carbonyl (C=O) groups is 2. The average Bonchev–Trinajstić information content (AvgIpc) is 2.99. The molecule has 0 saturated heterocycles. The van der Waals surface area contributed by atoms with E-state index in [-0.39, 0.29) is 28.4 Å². The Hall–Kier alpha value is -2.75. The maximum atomic E-state index is 13.3. The predicted molar refractivity (Wildman–Crippen MR) is 91.6 cm³/mol. The number of hydrogen-bond donors (Lipinski definition) is 2. The van der Waals surface area contributed by atoms with E-state index in [0.717, 1.165) is 12.4 Å². The van der Waals surface area contributed by atoms with Crippen molar-refractivity contribution in [1.29, 1.82) is 0 Å². The summed E-state index contributed by atoms with van der Waals surface area (Å²) in [5, 5.41) is 7.85. The van der Waals surface area contributed by atoms with Crippen molar-refractivity contribution < 1.29 is 27.5 Å². The fourth-order valence-electron chi connectivity index (χ4n) is 2.21. The first-order valence-electron chi connectivity index (χ1n) is 7.71. The second kappa shape index (κ2) is 8.30. The molecule has 0 spiro atoms. The van der Waals surface area contributed by atoms with Gasteiger partial charge < -0.3 is 15.4 Å². The smallest absolute Gasteiger partial charge is 0.413 e. The van der Waals surface area contributed by atoms with Crippen LogP contribution < -0.4 is 10.6 Å². The second-order valence-electron chi connectivity index (χ2n) is 5.44. The van der Waals surface area contributed by atoms with Crippen LogP contribution in [0.15, 0.2) is 30.6 Å². The number of aryl methyl sites for hydroxylation is 1. The van der Waals surface area contributed by atoms with Gasteiger partial charge in [0.05, 0.1) is 23.4 Å². The Morgan fingerprint density at radius 3 is 2.63 bits per heavy atom. The van der Waals surface area contributed by atoms with Gasteiger partial charge in [0.2, 0.25) is 0 Å². The Bertz CT molecular complexity index is 839. The van der Waals surface area contributed by atoms with Crippen LogP contribution in [0.25, 0.3) is 0 Å². The maximum absolute atomic E-state index is 13.3. The van der Waals surface area contributed by atoms with Crippen LogP contribution in [0.1, 0.15) is 28.9 Å². The molecule has 1 aromatic carbocycles. The summed E-state index contributed by atoms with van der Waals surface area (Å²) < 4.78 is 45.8. The normalized spacial score (nSPS) is 12.4. The molecule has 11 heteroatoms. The number of nitrogens with one attached hydrogen (secondary N) is 2. The van der Waals surface area contributed by atoms with E-state index in [2.05, 4.69) is 10.4 Å². The van der Waals surface area contributed by atoms with Crippen LogP contribution in [0.2, 0.25) is 5.02 Å². The number of ether oxygens (including phenoxy) is 1. The molecule has 2 amide bonds. The van der Waals surface area contributed by atoms with E-state index < -0.39 is 24.2 Å². The predicted octanol–water partition coefficient (Wildman–Crippen LogP) is 3.68. The molecule has 1 unspecified atom stereocenters. The Morgan fingerprint density at radius 1 is 1.37 bits per heavy atom.